The number of aromatic nitrogens is 5. The van der Waals surface area contributed by atoms with Crippen molar-refractivity contribution in [3.8, 4) is 34.5 Å². The largest absolute Gasteiger partial charge is 0.452 e. The van der Waals surface area contributed by atoms with Crippen molar-refractivity contribution < 1.29 is 17.9 Å². The van der Waals surface area contributed by atoms with Crippen LogP contribution in [0.25, 0.3) is 22.6 Å². The van der Waals surface area contributed by atoms with Gasteiger partial charge >= 0.3 is 0 Å². The van der Waals surface area contributed by atoms with Crippen LogP contribution in [-0.4, -0.2) is 39.6 Å². The third-order valence-corrected chi connectivity index (χ3v) is 6.04. The molecule has 5 rings (SSSR count). The zero-order chi connectivity index (χ0) is 23.7. The molecule has 3 heterocycles. The Morgan fingerprint density at radius 1 is 0.912 bits per heavy atom. The van der Waals surface area contributed by atoms with Crippen LogP contribution in [0.4, 0.5) is 0 Å². The van der Waals surface area contributed by atoms with Crippen LogP contribution >= 0.6 is 11.6 Å². The summed E-state index contributed by atoms with van der Waals surface area (Å²) in [4.78, 5) is 20.1. The number of sulfone groups is 1. The van der Waals surface area contributed by atoms with Crippen LogP contribution in [0.2, 0.25) is 5.02 Å². The van der Waals surface area contributed by atoms with E-state index in [1.54, 1.807) is 55.0 Å². The molecule has 0 saturated carbocycles. The highest BCUT2D eigenvalue weighted by molar-refractivity contribution is 7.90. The van der Waals surface area contributed by atoms with E-state index >= 15 is 0 Å². The first-order valence-electron chi connectivity index (χ1n) is 9.93. The molecular formula is C23H16ClN5O4S. The number of nitrogens with zero attached hydrogens (tertiary/aromatic N) is 4. The van der Waals surface area contributed by atoms with Crippen molar-refractivity contribution in [1.29, 1.82) is 0 Å². The lowest BCUT2D eigenvalue weighted by molar-refractivity contribution is 0.418. The molecule has 0 atom stereocenters. The van der Waals surface area contributed by atoms with Gasteiger partial charge in [-0.2, -0.15) is 0 Å². The van der Waals surface area contributed by atoms with E-state index in [2.05, 4.69) is 24.9 Å². The van der Waals surface area contributed by atoms with E-state index in [1.165, 1.54) is 18.3 Å². The lowest BCUT2D eigenvalue weighted by Gasteiger charge is -2.13. The zero-order valence-corrected chi connectivity index (χ0v) is 19.2. The molecule has 0 aliphatic heterocycles. The second-order valence-electron chi connectivity index (χ2n) is 7.23. The molecule has 2 aromatic carbocycles. The molecule has 0 saturated heterocycles. The van der Waals surface area contributed by atoms with Gasteiger partial charge in [0.25, 0.3) is 0 Å². The van der Waals surface area contributed by atoms with E-state index in [9.17, 15) is 8.42 Å². The molecule has 0 bridgehead atoms. The number of benzene rings is 2. The average molecular weight is 494 g/mol. The Balaban J connectivity index is 1.57. The smallest absolute Gasteiger partial charge is 0.192 e. The van der Waals surface area contributed by atoms with Gasteiger partial charge in [-0.15, -0.1) is 0 Å². The highest BCUT2D eigenvalue weighted by Gasteiger charge is 2.16. The maximum Gasteiger partial charge on any atom is 0.192 e. The maximum absolute atomic E-state index is 11.7. The highest BCUT2D eigenvalue weighted by atomic mass is 35.5. The highest BCUT2D eigenvalue weighted by Crippen LogP contribution is 2.40. The van der Waals surface area contributed by atoms with Gasteiger partial charge in [-0.1, -0.05) is 23.7 Å². The minimum atomic E-state index is -3.43. The first-order valence-corrected chi connectivity index (χ1v) is 12.2. The van der Waals surface area contributed by atoms with Crippen molar-refractivity contribution >= 4 is 32.5 Å². The van der Waals surface area contributed by atoms with Gasteiger partial charge in [-0.05, 0) is 24.3 Å². The van der Waals surface area contributed by atoms with Gasteiger partial charge in [0.2, 0.25) is 0 Å². The number of H-pyrrole nitrogens is 1. The van der Waals surface area contributed by atoms with Crippen LogP contribution in [0.3, 0.4) is 0 Å². The molecule has 0 aliphatic carbocycles. The van der Waals surface area contributed by atoms with E-state index in [1.807, 2.05) is 0 Å². The summed E-state index contributed by atoms with van der Waals surface area (Å²) in [6.07, 6.45) is 7.18. The minimum absolute atomic E-state index is 0.0509. The minimum Gasteiger partial charge on any atom is -0.452 e. The molecule has 34 heavy (non-hydrogen) atoms. The summed E-state index contributed by atoms with van der Waals surface area (Å²) in [6, 6.07) is 13.4. The molecule has 0 spiro atoms. The van der Waals surface area contributed by atoms with Crippen molar-refractivity contribution in [2.75, 3.05) is 6.26 Å². The van der Waals surface area contributed by atoms with E-state index in [4.69, 9.17) is 21.1 Å². The van der Waals surface area contributed by atoms with Crippen molar-refractivity contribution in [1.82, 2.24) is 24.9 Å². The van der Waals surface area contributed by atoms with Crippen molar-refractivity contribution in [2.24, 2.45) is 0 Å². The van der Waals surface area contributed by atoms with Gasteiger partial charge in [-0.25, -0.2) is 23.4 Å². The van der Waals surface area contributed by atoms with E-state index in [-0.39, 0.29) is 5.03 Å². The molecule has 0 aliphatic rings. The molecule has 0 amide bonds. The second kappa shape index (κ2) is 8.73. The molecular weight excluding hydrogens is 478 g/mol. The third-order valence-electron chi connectivity index (χ3n) is 4.73. The zero-order valence-electron chi connectivity index (χ0n) is 17.6. The summed E-state index contributed by atoms with van der Waals surface area (Å²) in [5.74, 6) is 1.98. The van der Waals surface area contributed by atoms with Gasteiger partial charge in [0.05, 0.1) is 28.4 Å². The fourth-order valence-corrected chi connectivity index (χ4v) is 3.87. The van der Waals surface area contributed by atoms with Crippen LogP contribution < -0.4 is 9.47 Å². The molecule has 170 valence electrons. The Morgan fingerprint density at radius 3 is 2.44 bits per heavy atom. The monoisotopic (exact) mass is 493 g/mol. The average Bonchev–Trinajstić information content (AvgIpc) is 3.24. The van der Waals surface area contributed by atoms with Crippen molar-refractivity contribution in [3.05, 3.63) is 78.3 Å². The molecule has 0 fully saturated rings. The summed E-state index contributed by atoms with van der Waals surface area (Å²) in [7, 11) is -3.43. The van der Waals surface area contributed by atoms with Crippen LogP contribution in [0.5, 0.6) is 23.0 Å². The fraction of sp³-hybridized carbons (Fsp3) is 0.0435. The molecule has 0 unspecified atom stereocenters. The van der Waals surface area contributed by atoms with Gasteiger partial charge in [0.15, 0.2) is 32.2 Å². The van der Waals surface area contributed by atoms with Gasteiger partial charge in [0, 0.05) is 30.8 Å². The predicted octanol–water partition coefficient (Wildman–Crippen LogP) is 5.06. The van der Waals surface area contributed by atoms with Gasteiger partial charge < -0.3 is 14.5 Å². The summed E-state index contributed by atoms with van der Waals surface area (Å²) < 4.78 is 35.5. The Kier molecular flexibility index (Phi) is 5.60. The topological polar surface area (TPSA) is 120 Å². The molecule has 11 heteroatoms. The first kappa shape index (κ1) is 21.8. The van der Waals surface area contributed by atoms with Crippen LogP contribution in [0, 0.1) is 0 Å². The number of hydrogen-bond donors (Lipinski definition) is 1. The Bertz CT molecular complexity index is 1590. The molecule has 9 nitrogen and oxygen atoms in total. The van der Waals surface area contributed by atoms with E-state index in [0.717, 1.165) is 6.26 Å². The summed E-state index contributed by atoms with van der Waals surface area (Å²) in [5.41, 5.74) is 1.86. The SMILES string of the molecule is CS(=O)(=O)c1ccc(Oc2cc3[nH]c(-c4cnccn4)nc3cc2Oc2ccccc2Cl)cn1. The second-order valence-corrected chi connectivity index (χ2v) is 9.60. The molecule has 0 radical (unpaired) electrons. The summed E-state index contributed by atoms with van der Waals surface area (Å²) in [5, 5.41) is 0.375. The van der Waals surface area contributed by atoms with Gasteiger partial charge in [0.1, 0.15) is 17.2 Å². The Morgan fingerprint density at radius 2 is 1.74 bits per heavy atom. The van der Waals surface area contributed by atoms with Crippen molar-refractivity contribution in [3.63, 3.8) is 0 Å². The van der Waals surface area contributed by atoms with E-state index < -0.39 is 9.84 Å². The fourth-order valence-electron chi connectivity index (χ4n) is 3.14. The lowest BCUT2D eigenvalue weighted by atomic mass is 10.2. The number of aromatic amines is 1. The van der Waals surface area contributed by atoms with Gasteiger partial charge in [-0.3, -0.25) is 4.98 Å². The molecule has 5 aromatic rings. The van der Waals surface area contributed by atoms with Crippen LogP contribution in [-0.2, 0) is 9.84 Å². The van der Waals surface area contributed by atoms with Crippen LogP contribution in [0.1, 0.15) is 0 Å². The lowest BCUT2D eigenvalue weighted by Crippen LogP contribution is -2.00. The number of hydrogen-bond acceptors (Lipinski definition) is 8. The number of para-hydroxylation sites is 1. The molecule has 3 aromatic heterocycles. The van der Waals surface area contributed by atoms with Crippen LogP contribution in [0.15, 0.2) is 78.3 Å². The number of halogens is 1. The number of imidazole rings is 1. The quantitative estimate of drug-likeness (QED) is 0.348. The number of rotatable bonds is 6. The Labute approximate surface area is 199 Å². The Hall–Kier alpha value is -4.02. The normalized spacial score (nSPS) is 11.5. The predicted molar refractivity (Wildman–Crippen MR) is 126 cm³/mol. The summed E-state index contributed by atoms with van der Waals surface area (Å²) >= 11 is 6.28. The third kappa shape index (κ3) is 4.54. The van der Waals surface area contributed by atoms with E-state index in [0.29, 0.717) is 50.6 Å². The molecule has 1 N–H and O–H groups in total. The van der Waals surface area contributed by atoms with Crippen molar-refractivity contribution in [2.45, 2.75) is 5.03 Å². The number of pyridine rings is 1. The maximum atomic E-state index is 11.7. The number of ether oxygens (including phenoxy) is 2. The summed E-state index contributed by atoms with van der Waals surface area (Å²) in [6.45, 7) is 0. The standard InChI is InChI=1S/C23H16ClN5O4S/c1-34(30,31)22-7-6-14(12-27-22)32-20-10-16-17(29-23(28-16)18-13-25-8-9-26-18)11-21(20)33-19-5-3-2-4-15(19)24/h2-13H,1H3,(H,28,29). The number of fused-ring (bicyclic) bond motifs is 1. The number of nitrogens with one attached hydrogen (secondary N) is 1. The first-order chi connectivity index (χ1) is 16.4.